The van der Waals surface area contributed by atoms with Crippen LogP contribution in [0.25, 0.3) is 0 Å². The van der Waals surface area contributed by atoms with Gasteiger partial charge < -0.3 is 14.8 Å². The molecule has 1 saturated heterocycles. The Bertz CT molecular complexity index is 546. The first-order valence-electron chi connectivity index (χ1n) is 7.11. The van der Waals surface area contributed by atoms with Crippen molar-refractivity contribution in [3.05, 3.63) is 17.2 Å². The number of fused-ring (bicyclic) bond motifs is 1. The maximum absolute atomic E-state index is 13.1. The molecule has 1 fully saturated rings. The highest BCUT2D eigenvalue weighted by molar-refractivity contribution is 5.76. The minimum atomic E-state index is -4.54. The Morgan fingerprint density at radius 3 is 2.67 bits per heavy atom. The van der Waals surface area contributed by atoms with Crippen LogP contribution in [-0.2, 0) is 30.5 Å². The number of carbonyl (C=O) groups excluding carboxylic acids is 1. The van der Waals surface area contributed by atoms with Crippen molar-refractivity contribution in [2.24, 2.45) is 0 Å². The maximum atomic E-state index is 13.1. The number of hydrogen-bond donors (Lipinski definition) is 1. The number of hydrogen-bond acceptors (Lipinski definition) is 3. The molecule has 1 aromatic rings. The Morgan fingerprint density at radius 1 is 1.29 bits per heavy atom. The van der Waals surface area contributed by atoms with Gasteiger partial charge in [-0.2, -0.15) is 13.2 Å². The van der Waals surface area contributed by atoms with Crippen LogP contribution in [-0.4, -0.2) is 40.0 Å². The zero-order valence-corrected chi connectivity index (χ0v) is 11.5. The van der Waals surface area contributed by atoms with Gasteiger partial charge >= 0.3 is 6.18 Å². The normalized spacial score (nSPS) is 18.9. The van der Waals surface area contributed by atoms with Crippen molar-refractivity contribution in [1.29, 1.82) is 0 Å². The van der Waals surface area contributed by atoms with E-state index in [-0.39, 0.29) is 12.5 Å². The average molecular weight is 302 g/mol. The summed E-state index contributed by atoms with van der Waals surface area (Å²) in [4.78, 5) is 17.5. The Hall–Kier alpha value is -1.57. The molecule has 2 aliphatic rings. The predicted octanol–water partition coefficient (Wildman–Crippen LogP) is 1.17. The van der Waals surface area contributed by atoms with Gasteiger partial charge in [0.25, 0.3) is 0 Å². The van der Waals surface area contributed by atoms with E-state index in [1.165, 1.54) is 0 Å². The smallest absolute Gasteiger partial charge is 0.341 e. The Balaban J connectivity index is 1.91. The van der Waals surface area contributed by atoms with Crippen molar-refractivity contribution < 1.29 is 18.0 Å². The lowest BCUT2D eigenvalue weighted by Crippen LogP contribution is -2.33. The summed E-state index contributed by atoms with van der Waals surface area (Å²) < 4.78 is 40.5. The summed E-state index contributed by atoms with van der Waals surface area (Å²) in [6.07, 6.45) is -2.23. The second kappa shape index (κ2) is 5.32. The van der Waals surface area contributed by atoms with Crippen molar-refractivity contribution in [3.63, 3.8) is 0 Å². The predicted molar refractivity (Wildman–Crippen MR) is 68.5 cm³/mol. The SMILES string of the molecule is O=C(Cn1c(C(F)(F)F)nc2c1CCNC2)N1CCCC1. The Morgan fingerprint density at radius 2 is 2.00 bits per heavy atom. The molecule has 1 aromatic heterocycles. The Kier molecular flexibility index (Phi) is 3.64. The first kappa shape index (κ1) is 14.4. The van der Waals surface area contributed by atoms with Crippen molar-refractivity contribution in [2.75, 3.05) is 19.6 Å². The Labute approximate surface area is 120 Å². The molecule has 1 amide bonds. The minimum Gasteiger partial charge on any atom is -0.341 e. The van der Waals surface area contributed by atoms with Gasteiger partial charge in [-0.1, -0.05) is 0 Å². The third-order valence-electron chi connectivity index (χ3n) is 3.99. The molecule has 0 aromatic carbocycles. The van der Waals surface area contributed by atoms with E-state index in [4.69, 9.17) is 0 Å². The van der Waals surface area contributed by atoms with Crippen LogP contribution >= 0.6 is 0 Å². The summed E-state index contributed by atoms with van der Waals surface area (Å²) in [6, 6.07) is 0. The number of aromatic nitrogens is 2. The van der Waals surface area contributed by atoms with E-state index in [0.29, 0.717) is 44.0 Å². The molecule has 0 radical (unpaired) electrons. The summed E-state index contributed by atoms with van der Waals surface area (Å²) in [5.74, 6) is -1.21. The fourth-order valence-electron chi connectivity index (χ4n) is 2.96. The standard InChI is InChI=1S/C13H17F3N4O/c14-13(15,16)12-18-9-7-17-4-3-10(9)20(12)8-11(21)19-5-1-2-6-19/h17H,1-8H2. The van der Waals surface area contributed by atoms with Gasteiger partial charge in [0.1, 0.15) is 6.54 Å². The van der Waals surface area contributed by atoms with Gasteiger partial charge in [-0.05, 0) is 12.8 Å². The first-order valence-corrected chi connectivity index (χ1v) is 7.11. The molecule has 116 valence electrons. The van der Waals surface area contributed by atoms with Crippen molar-refractivity contribution >= 4 is 5.91 Å². The van der Waals surface area contributed by atoms with Crippen molar-refractivity contribution in [3.8, 4) is 0 Å². The highest BCUT2D eigenvalue weighted by Crippen LogP contribution is 2.31. The van der Waals surface area contributed by atoms with Gasteiger partial charge in [-0.3, -0.25) is 4.79 Å². The van der Waals surface area contributed by atoms with Gasteiger partial charge in [0, 0.05) is 38.3 Å². The van der Waals surface area contributed by atoms with Crippen LogP contribution in [0.5, 0.6) is 0 Å². The summed E-state index contributed by atoms with van der Waals surface area (Å²) in [5.41, 5.74) is 0.941. The molecule has 0 spiro atoms. The molecule has 3 rings (SSSR count). The second-order valence-electron chi connectivity index (χ2n) is 5.43. The minimum absolute atomic E-state index is 0.253. The number of amides is 1. The van der Waals surface area contributed by atoms with Gasteiger partial charge in [0.15, 0.2) is 0 Å². The van der Waals surface area contributed by atoms with Crippen LogP contribution in [0.3, 0.4) is 0 Å². The molecule has 0 aliphatic carbocycles. The largest absolute Gasteiger partial charge is 0.449 e. The number of imidazole rings is 1. The second-order valence-corrected chi connectivity index (χ2v) is 5.43. The van der Waals surface area contributed by atoms with E-state index in [2.05, 4.69) is 10.3 Å². The van der Waals surface area contributed by atoms with Crippen molar-refractivity contribution in [1.82, 2.24) is 19.8 Å². The van der Waals surface area contributed by atoms with E-state index in [1.54, 1.807) is 4.90 Å². The number of nitrogens with one attached hydrogen (secondary N) is 1. The zero-order chi connectivity index (χ0) is 15.0. The fourth-order valence-corrected chi connectivity index (χ4v) is 2.96. The number of carbonyl (C=O) groups is 1. The van der Waals surface area contributed by atoms with Gasteiger partial charge in [-0.25, -0.2) is 4.98 Å². The topological polar surface area (TPSA) is 50.2 Å². The lowest BCUT2D eigenvalue weighted by Gasteiger charge is -2.20. The number of nitrogens with zero attached hydrogens (tertiary/aromatic N) is 3. The summed E-state index contributed by atoms with van der Waals surface area (Å²) >= 11 is 0. The molecule has 0 saturated carbocycles. The quantitative estimate of drug-likeness (QED) is 0.892. The molecule has 0 atom stereocenters. The lowest BCUT2D eigenvalue weighted by molar-refractivity contribution is -0.148. The average Bonchev–Trinajstić information content (AvgIpc) is 3.06. The van der Waals surface area contributed by atoms with Crippen LogP contribution in [0.1, 0.15) is 30.1 Å². The summed E-state index contributed by atoms with van der Waals surface area (Å²) in [7, 11) is 0. The van der Waals surface area contributed by atoms with Gasteiger partial charge in [0.2, 0.25) is 11.7 Å². The molecular weight excluding hydrogens is 285 g/mol. The first-order chi connectivity index (χ1) is 9.97. The third-order valence-corrected chi connectivity index (χ3v) is 3.99. The molecule has 8 heteroatoms. The van der Waals surface area contributed by atoms with Crippen LogP contribution in [0, 0.1) is 0 Å². The fraction of sp³-hybridized carbons (Fsp3) is 0.692. The van der Waals surface area contributed by atoms with Crippen LogP contribution < -0.4 is 5.32 Å². The maximum Gasteiger partial charge on any atom is 0.449 e. The highest BCUT2D eigenvalue weighted by Gasteiger charge is 2.40. The molecule has 21 heavy (non-hydrogen) atoms. The van der Waals surface area contributed by atoms with E-state index in [1.807, 2.05) is 0 Å². The zero-order valence-electron chi connectivity index (χ0n) is 11.5. The van der Waals surface area contributed by atoms with E-state index >= 15 is 0 Å². The molecule has 5 nitrogen and oxygen atoms in total. The number of rotatable bonds is 2. The molecule has 1 N–H and O–H groups in total. The van der Waals surface area contributed by atoms with E-state index in [0.717, 1.165) is 17.4 Å². The number of halogens is 3. The molecule has 2 aliphatic heterocycles. The van der Waals surface area contributed by atoms with Crippen LogP contribution in [0.2, 0.25) is 0 Å². The van der Waals surface area contributed by atoms with Gasteiger partial charge in [0.05, 0.1) is 5.69 Å². The van der Waals surface area contributed by atoms with Crippen molar-refractivity contribution in [2.45, 2.75) is 38.5 Å². The highest BCUT2D eigenvalue weighted by atomic mass is 19.4. The van der Waals surface area contributed by atoms with E-state index < -0.39 is 12.0 Å². The van der Waals surface area contributed by atoms with Gasteiger partial charge in [-0.15, -0.1) is 0 Å². The summed E-state index contributed by atoms with van der Waals surface area (Å²) in [5, 5.41) is 3.00. The molecule has 0 bridgehead atoms. The number of alkyl halides is 3. The molecule has 3 heterocycles. The van der Waals surface area contributed by atoms with Crippen LogP contribution in [0.15, 0.2) is 0 Å². The number of likely N-dealkylation sites (tertiary alicyclic amines) is 1. The summed E-state index contributed by atoms with van der Waals surface area (Å²) in [6.45, 7) is 1.94. The lowest BCUT2D eigenvalue weighted by atomic mass is 10.2. The molecule has 0 unspecified atom stereocenters. The van der Waals surface area contributed by atoms with Crippen LogP contribution in [0.4, 0.5) is 13.2 Å². The van der Waals surface area contributed by atoms with E-state index in [9.17, 15) is 18.0 Å². The monoisotopic (exact) mass is 302 g/mol. The molecular formula is C13H17F3N4O. The third kappa shape index (κ3) is 2.76.